The minimum Gasteiger partial charge on any atom is -0.348 e. The molecule has 132 valence electrons. The molecule has 2 aromatic rings. The molecular formula is C20H22F2N2O. The first kappa shape index (κ1) is 16.3. The number of nitrogens with one attached hydrogen (secondary N) is 1. The molecule has 3 nitrogen and oxygen atoms in total. The first-order chi connectivity index (χ1) is 12.0. The molecule has 2 aliphatic rings. The van der Waals surface area contributed by atoms with Crippen molar-refractivity contribution in [3.8, 4) is 0 Å². The number of carbonyl (C=O) groups is 1. The van der Waals surface area contributed by atoms with Crippen molar-refractivity contribution < 1.29 is 13.6 Å². The maximum atomic E-state index is 14.2. The van der Waals surface area contributed by atoms with E-state index in [1.165, 1.54) is 17.7 Å². The molecule has 1 aromatic carbocycles. The van der Waals surface area contributed by atoms with Crippen LogP contribution in [0.5, 0.6) is 0 Å². The van der Waals surface area contributed by atoms with Crippen molar-refractivity contribution in [2.45, 2.75) is 58.0 Å². The molecule has 0 aliphatic heterocycles. The van der Waals surface area contributed by atoms with Crippen molar-refractivity contribution in [3.63, 3.8) is 0 Å². The van der Waals surface area contributed by atoms with Gasteiger partial charge in [-0.15, -0.1) is 0 Å². The van der Waals surface area contributed by atoms with E-state index in [1.54, 1.807) is 0 Å². The molecule has 1 saturated carbocycles. The van der Waals surface area contributed by atoms with Gasteiger partial charge in [0.2, 0.25) is 0 Å². The van der Waals surface area contributed by atoms with Crippen molar-refractivity contribution in [1.82, 2.24) is 9.88 Å². The van der Waals surface area contributed by atoms with E-state index in [-0.39, 0.29) is 18.5 Å². The highest BCUT2D eigenvalue weighted by atomic mass is 19.1. The molecule has 1 aromatic heterocycles. The van der Waals surface area contributed by atoms with Crippen molar-refractivity contribution in [3.05, 3.63) is 57.9 Å². The van der Waals surface area contributed by atoms with Crippen LogP contribution in [0.4, 0.5) is 8.78 Å². The topological polar surface area (TPSA) is 34.0 Å². The van der Waals surface area contributed by atoms with Crippen LogP contribution >= 0.6 is 0 Å². The largest absolute Gasteiger partial charge is 0.348 e. The minimum absolute atomic E-state index is 0.0723. The van der Waals surface area contributed by atoms with Crippen LogP contribution in [-0.2, 0) is 19.4 Å². The van der Waals surface area contributed by atoms with Gasteiger partial charge in [0, 0.05) is 23.4 Å². The van der Waals surface area contributed by atoms with E-state index in [2.05, 4.69) is 5.32 Å². The van der Waals surface area contributed by atoms with Crippen LogP contribution in [-0.4, -0.2) is 16.5 Å². The Hall–Kier alpha value is -2.17. The summed E-state index contributed by atoms with van der Waals surface area (Å²) in [5.74, 6) is -1.22. The third kappa shape index (κ3) is 3.08. The fraction of sp³-hybridized carbons (Fsp3) is 0.450. The average Bonchev–Trinajstić information content (AvgIpc) is 3.35. The Morgan fingerprint density at radius 3 is 2.72 bits per heavy atom. The van der Waals surface area contributed by atoms with Gasteiger partial charge in [0.25, 0.3) is 5.91 Å². The van der Waals surface area contributed by atoms with Gasteiger partial charge >= 0.3 is 0 Å². The number of amides is 1. The standard InChI is InChI=1S/C20H22F2N2O/c1-12-16-4-2-3-5-18(16)24(19(12)20(25)23-15-8-9-15)11-13-6-7-14(21)10-17(13)22/h6-7,10,15H,2-5,8-9,11H2,1H3,(H,23,25). The Morgan fingerprint density at radius 1 is 1.24 bits per heavy atom. The Kier molecular flexibility index (Phi) is 4.10. The lowest BCUT2D eigenvalue weighted by Crippen LogP contribution is -2.29. The SMILES string of the molecule is Cc1c2c(n(Cc3ccc(F)cc3F)c1C(=O)NC1CC1)CCCC2. The van der Waals surface area contributed by atoms with E-state index in [9.17, 15) is 13.6 Å². The third-order valence-corrected chi connectivity index (χ3v) is 5.31. The van der Waals surface area contributed by atoms with Gasteiger partial charge in [0.15, 0.2) is 0 Å². The molecule has 0 atom stereocenters. The molecule has 0 radical (unpaired) electrons. The Morgan fingerprint density at radius 2 is 2.00 bits per heavy atom. The number of rotatable bonds is 4. The fourth-order valence-corrected chi connectivity index (χ4v) is 3.84. The number of fused-ring (bicyclic) bond motifs is 1. The summed E-state index contributed by atoms with van der Waals surface area (Å²) < 4.78 is 29.3. The molecule has 0 spiro atoms. The van der Waals surface area contributed by atoms with E-state index < -0.39 is 11.6 Å². The van der Waals surface area contributed by atoms with Gasteiger partial charge in [0.05, 0.1) is 6.54 Å². The van der Waals surface area contributed by atoms with Gasteiger partial charge in [-0.1, -0.05) is 6.07 Å². The summed E-state index contributed by atoms with van der Waals surface area (Å²) >= 11 is 0. The predicted molar refractivity (Wildman–Crippen MR) is 91.8 cm³/mol. The summed E-state index contributed by atoms with van der Waals surface area (Å²) in [6.07, 6.45) is 6.10. The van der Waals surface area contributed by atoms with Gasteiger partial charge in [-0.05, 0) is 62.6 Å². The van der Waals surface area contributed by atoms with E-state index in [4.69, 9.17) is 0 Å². The monoisotopic (exact) mass is 344 g/mol. The number of hydrogen-bond donors (Lipinski definition) is 1. The number of nitrogens with zero attached hydrogens (tertiary/aromatic N) is 1. The van der Waals surface area contributed by atoms with Gasteiger partial charge < -0.3 is 9.88 Å². The van der Waals surface area contributed by atoms with E-state index in [0.717, 1.165) is 55.8 Å². The second-order valence-corrected chi connectivity index (χ2v) is 7.18. The predicted octanol–water partition coefficient (Wildman–Crippen LogP) is 3.89. The van der Waals surface area contributed by atoms with Crippen LogP contribution in [0.2, 0.25) is 0 Å². The van der Waals surface area contributed by atoms with Crippen LogP contribution < -0.4 is 5.32 Å². The summed E-state index contributed by atoms with van der Waals surface area (Å²) in [5, 5.41) is 3.06. The zero-order chi connectivity index (χ0) is 17.6. The zero-order valence-corrected chi connectivity index (χ0v) is 14.4. The number of aromatic nitrogens is 1. The molecule has 5 heteroatoms. The van der Waals surface area contributed by atoms with Crippen molar-refractivity contribution >= 4 is 5.91 Å². The van der Waals surface area contributed by atoms with Crippen molar-refractivity contribution in [2.75, 3.05) is 0 Å². The van der Waals surface area contributed by atoms with Crippen LogP contribution in [0.25, 0.3) is 0 Å². The normalized spacial score (nSPS) is 16.6. The van der Waals surface area contributed by atoms with Crippen molar-refractivity contribution in [1.29, 1.82) is 0 Å². The molecule has 0 bridgehead atoms. The van der Waals surface area contributed by atoms with Crippen LogP contribution in [0, 0.1) is 18.6 Å². The zero-order valence-electron chi connectivity index (χ0n) is 14.4. The molecule has 1 N–H and O–H groups in total. The summed E-state index contributed by atoms with van der Waals surface area (Å²) in [5.41, 5.74) is 4.42. The van der Waals surface area contributed by atoms with Crippen LogP contribution in [0.3, 0.4) is 0 Å². The molecule has 1 heterocycles. The highest BCUT2D eigenvalue weighted by Gasteiger charge is 2.30. The van der Waals surface area contributed by atoms with Gasteiger partial charge in [0.1, 0.15) is 17.3 Å². The van der Waals surface area contributed by atoms with Gasteiger partial charge in [-0.2, -0.15) is 0 Å². The van der Waals surface area contributed by atoms with E-state index in [1.807, 2.05) is 11.5 Å². The second kappa shape index (κ2) is 6.28. The fourth-order valence-electron chi connectivity index (χ4n) is 3.84. The molecule has 25 heavy (non-hydrogen) atoms. The third-order valence-electron chi connectivity index (χ3n) is 5.31. The lowest BCUT2D eigenvalue weighted by atomic mass is 9.95. The maximum absolute atomic E-state index is 14.2. The Balaban J connectivity index is 1.77. The Labute approximate surface area is 146 Å². The van der Waals surface area contributed by atoms with Gasteiger partial charge in [-0.3, -0.25) is 4.79 Å². The average molecular weight is 344 g/mol. The van der Waals surface area contributed by atoms with Crippen LogP contribution in [0.1, 0.15) is 58.6 Å². The Bertz CT molecular complexity index is 837. The molecule has 1 fully saturated rings. The summed E-state index contributed by atoms with van der Waals surface area (Å²) in [4.78, 5) is 12.8. The number of benzene rings is 1. The smallest absolute Gasteiger partial charge is 0.268 e. The molecule has 2 aliphatic carbocycles. The quantitative estimate of drug-likeness (QED) is 0.897. The van der Waals surface area contributed by atoms with E-state index >= 15 is 0 Å². The molecule has 0 unspecified atom stereocenters. The summed E-state index contributed by atoms with van der Waals surface area (Å²) in [6, 6.07) is 3.92. The highest BCUT2D eigenvalue weighted by Crippen LogP contribution is 2.31. The lowest BCUT2D eigenvalue weighted by Gasteiger charge is -2.17. The molecular weight excluding hydrogens is 322 g/mol. The van der Waals surface area contributed by atoms with Gasteiger partial charge in [-0.25, -0.2) is 8.78 Å². The molecule has 4 rings (SSSR count). The lowest BCUT2D eigenvalue weighted by molar-refractivity contribution is 0.0941. The second-order valence-electron chi connectivity index (χ2n) is 7.18. The first-order valence-corrected chi connectivity index (χ1v) is 9.00. The summed E-state index contributed by atoms with van der Waals surface area (Å²) in [6.45, 7) is 2.25. The van der Waals surface area contributed by atoms with E-state index in [0.29, 0.717) is 11.3 Å². The first-order valence-electron chi connectivity index (χ1n) is 9.00. The highest BCUT2D eigenvalue weighted by molar-refractivity contribution is 5.95. The van der Waals surface area contributed by atoms with Crippen molar-refractivity contribution in [2.24, 2.45) is 0 Å². The maximum Gasteiger partial charge on any atom is 0.268 e. The summed E-state index contributed by atoms with van der Waals surface area (Å²) in [7, 11) is 0. The molecule has 0 saturated heterocycles. The number of hydrogen-bond acceptors (Lipinski definition) is 1. The van der Waals surface area contributed by atoms with Crippen LogP contribution in [0.15, 0.2) is 18.2 Å². The number of halogens is 2. The molecule has 1 amide bonds. The number of carbonyl (C=O) groups excluding carboxylic acids is 1. The minimum atomic E-state index is -0.585.